The van der Waals surface area contributed by atoms with Gasteiger partial charge in [-0.3, -0.25) is 0 Å². The Balaban J connectivity index is 1.73. The van der Waals surface area contributed by atoms with Gasteiger partial charge < -0.3 is 16.0 Å². The maximum Gasteiger partial charge on any atom is 0.131 e. The van der Waals surface area contributed by atoms with Gasteiger partial charge in [0, 0.05) is 19.7 Å². The lowest BCUT2D eigenvalue weighted by atomic mass is 9.96. The number of rotatable bonds is 5. The maximum atomic E-state index is 4.19. The fraction of sp³-hybridized carbons (Fsp3) is 0.667. The van der Waals surface area contributed by atoms with Gasteiger partial charge in [0.25, 0.3) is 0 Å². The van der Waals surface area contributed by atoms with Gasteiger partial charge in [-0.1, -0.05) is 0 Å². The topological polar surface area (TPSA) is 61.9 Å². The molecule has 1 saturated heterocycles. The normalized spacial score (nSPS) is 19.9. The van der Waals surface area contributed by atoms with Gasteiger partial charge in [0.1, 0.15) is 18.0 Å². The average molecular weight is 235 g/mol. The smallest absolute Gasteiger partial charge is 0.131 e. The molecule has 1 fully saturated rings. The second kappa shape index (κ2) is 6.39. The molecule has 94 valence electrons. The number of hydrogen-bond donors (Lipinski definition) is 3. The fourth-order valence-corrected chi connectivity index (χ4v) is 2.17. The second-order valence-corrected chi connectivity index (χ2v) is 4.47. The number of nitrogens with one attached hydrogen (secondary N) is 3. The first-order valence-corrected chi connectivity index (χ1v) is 6.33. The zero-order valence-electron chi connectivity index (χ0n) is 10.4. The Labute approximate surface area is 102 Å². The molecule has 0 aromatic carbocycles. The minimum atomic E-state index is 0.807. The molecule has 1 unspecified atom stereocenters. The number of anilines is 2. The molecule has 1 atom stereocenters. The summed E-state index contributed by atoms with van der Waals surface area (Å²) in [6.07, 6.45) is 5.44. The lowest BCUT2D eigenvalue weighted by Crippen LogP contribution is -2.30. The lowest BCUT2D eigenvalue weighted by molar-refractivity contribution is 0.364. The Morgan fingerprint density at radius 1 is 1.41 bits per heavy atom. The third kappa shape index (κ3) is 3.85. The van der Waals surface area contributed by atoms with Crippen molar-refractivity contribution in [2.45, 2.75) is 19.3 Å². The number of hydrogen-bond acceptors (Lipinski definition) is 5. The SMILES string of the molecule is CNc1cc(NCCC2CCCNC2)ncn1. The van der Waals surface area contributed by atoms with E-state index in [9.17, 15) is 0 Å². The van der Waals surface area contributed by atoms with Gasteiger partial charge in [0.15, 0.2) is 0 Å². The van der Waals surface area contributed by atoms with Crippen LogP contribution in [0.1, 0.15) is 19.3 Å². The molecule has 5 heteroatoms. The first-order chi connectivity index (χ1) is 8.38. The van der Waals surface area contributed by atoms with Gasteiger partial charge in [0.05, 0.1) is 0 Å². The van der Waals surface area contributed by atoms with Gasteiger partial charge in [-0.15, -0.1) is 0 Å². The van der Waals surface area contributed by atoms with E-state index in [1.807, 2.05) is 13.1 Å². The molecular formula is C12H21N5. The highest BCUT2D eigenvalue weighted by Crippen LogP contribution is 2.14. The monoisotopic (exact) mass is 235 g/mol. The summed E-state index contributed by atoms with van der Waals surface area (Å²) in [6.45, 7) is 3.32. The molecule has 1 aromatic heterocycles. The predicted molar refractivity (Wildman–Crippen MR) is 70.3 cm³/mol. The summed E-state index contributed by atoms with van der Waals surface area (Å²) in [5.41, 5.74) is 0. The Kier molecular flexibility index (Phi) is 4.55. The van der Waals surface area contributed by atoms with Crippen LogP contribution in [-0.4, -0.2) is 36.6 Å². The Bertz CT molecular complexity index is 335. The van der Waals surface area contributed by atoms with Gasteiger partial charge in [-0.05, 0) is 38.3 Å². The minimum Gasteiger partial charge on any atom is -0.373 e. The molecule has 17 heavy (non-hydrogen) atoms. The number of nitrogens with zero attached hydrogens (tertiary/aromatic N) is 2. The van der Waals surface area contributed by atoms with Crippen molar-refractivity contribution >= 4 is 11.6 Å². The molecule has 0 saturated carbocycles. The minimum absolute atomic E-state index is 0.807. The van der Waals surface area contributed by atoms with E-state index in [0.717, 1.165) is 30.6 Å². The van der Waals surface area contributed by atoms with Crippen molar-refractivity contribution < 1.29 is 0 Å². The second-order valence-electron chi connectivity index (χ2n) is 4.47. The first-order valence-electron chi connectivity index (χ1n) is 6.33. The molecule has 1 aliphatic rings. The Morgan fingerprint density at radius 2 is 2.29 bits per heavy atom. The largest absolute Gasteiger partial charge is 0.373 e. The van der Waals surface area contributed by atoms with E-state index in [1.165, 1.54) is 25.8 Å². The molecule has 0 radical (unpaired) electrons. The zero-order valence-corrected chi connectivity index (χ0v) is 10.4. The van der Waals surface area contributed by atoms with Gasteiger partial charge in [-0.25, -0.2) is 9.97 Å². The van der Waals surface area contributed by atoms with Crippen LogP contribution >= 0.6 is 0 Å². The summed E-state index contributed by atoms with van der Waals surface area (Å²) < 4.78 is 0. The summed E-state index contributed by atoms with van der Waals surface area (Å²) >= 11 is 0. The maximum absolute atomic E-state index is 4.19. The molecule has 1 aromatic rings. The van der Waals surface area contributed by atoms with Crippen molar-refractivity contribution in [1.82, 2.24) is 15.3 Å². The third-order valence-corrected chi connectivity index (χ3v) is 3.18. The fourth-order valence-electron chi connectivity index (χ4n) is 2.17. The summed E-state index contributed by atoms with van der Waals surface area (Å²) in [7, 11) is 1.86. The van der Waals surface area contributed by atoms with Gasteiger partial charge in [0.2, 0.25) is 0 Å². The summed E-state index contributed by atoms with van der Waals surface area (Å²) in [5.74, 6) is 2.55. The highest BCUT2D eigenvalue weighted by molar-refractivity contribution is 5.45. The highest BCUT2D eigenvalue weighted by atomic mass is 15.1. The third-order valence-electron chi connectivity index (χ3n) is 3.18. The van der Waals surface area contributed by atoms with Crippen LogP contribution in [0.15, 0.2) is 12.4 Å². The van der Waals surface area contributed by atoms with E-state index in [-0.39, 0.29) is 0 Å². The molecule has 0 aliphatic carbocycles. The van der Waals surface area contributed by atoms with Crippen molar-refractivity contribution in [2.75, 3.05) is 37.3 Å². The summed E-state index contributed by atoms with van der Waals surface area (Å²) in [5, 5.41) is 9.79. The number of aromatic nitrogens is 2. The van der Waals surface area contributed by atoms with Crippen molar-refractivity contribution in [3.63, 3.8) is 0 Å². The van der Waals surface area contributed by atoms with E-state index >= 15 is 0 Å². The summed E-state index contributed by atoms with van der Waals surface area (Å²) in [6, 6.07) is 1.93. The van der Waals surface area contributed by atoms with Crippen LogP contribution in [0.25, 0.3) is 0 Å². The van der Waals surface area contributed by atoms with Crippen LogP contribution < -0.4 is 16.0 Å². The predicted octanol–water partition coefficient (Wildman–Crippen LogP) is 1.32. The van der Waals surface area contributed by atoms with Crippen LogP contribution in [0, 0.1) is 5.92 Å². The van der Waals surface area contributed by atoms with E-state index in [4.69, 9.17) is 0 Å². The van der Waals surface area contributed by atoms with E-state index in [1.54, 1.807) is 6.33 Å². The Hall–Kier alpha value is -1.36. The molecule has 5 nitrogen and oxygen atoms in total. The van der Waals surface area contributed by atoms with Crippen molar-refractivity contribution in [3.05, 3.63) is 12.4 Å². The molecular weight excluding hydrogens is 214 g/mol. The van der Waals surface area contributed by atoms with Gasteiger partial charge in [-0.2, -0.15) is 0 Å². The molecule has 2 rings (SSSR count). The quantitative estimate of drug-likeness (QED) is 0.718. The molecule has 2 heterocycles. The zero-order chi connectivity index (χ0) is 11.9. The lowest BCUT2D eigenvalue weighted by Gasteiger charge is -2.22. The molecule has 3 N–H and O–H groups in total. The molecule has 0 bridgehead atoms. The van der Waals surface area contributed by atoms with E-state index in [0.29, 0.717) is 0 Å². The van der Waals surface area contributed by atoms with Crippen LogP contribution in [0.2, 0.25) is 0 Å². The average Bonchev–Trinajstić information content (AvgIpc) is 2.40. The van der Waals surface area contributed by atoms with Crippen molar-refractivity contribution in [2.24, 2.45) is 5.92 Å². The van der Waals surface area contributed by atoms with Crippen molar-refractivity contribution in [3.8, 4) is 0 Å². The highest BCUT2D eigenvalue weighted by Gasteiger charge is 2.12. The molecule has 0 spiro atoms. The number of piperidine rings is 1. The standard InChI is InChI=1S/C12H21N5/c1-13-11-7-12(17-9-16-11)15-6-4-10-3-2-5-14-8-10/h7,9-10,14H,2-6,8H2,1H3,(H2,13,15,16,17). The first kappa shape index (κ1) is 12.1. The van der Waals surface area contributed by atoms with E-state index in [2.05, 4.69) is 25.9 Å². The van der Waals surface area contributed by atoms with Crippen LogP contribution in [0.4, 0.5) is 11.6 Å². The molecule has 1 aliphatic heterocycles. The van der Waals surface area contributed by atoms with Crippen LogP contribution in [0.5, 0.6) is 0 Å². The molecule has 0 amide bonds. The van der Waals surface area contributed by atoms with Crippen LogP contribution in [0.3, 0.4) is 0 Å². The summed E-state index contributed by atoms with van der Waals surface area (Å²) in [4.78, 5) is 8.28. The van der Waals surface area contributed by atoms with Crippen LogP contribution in [-0.2, 0) is 0 Å². The van der Waals surface area contributed by atoms with E-state index < -0.39 is 0 Å². The van der Waals surface area contributed by atoms with Crippen molar-refractivity contribution in [1.29, 1.82) is 0 Å². The Morgan fingerprint density at radius 3 is 3.06 bits per heavy atom. The van der Waals surface area contributed by atoms with Gasteiger partial charge >= 0.3 is 0 Å².